The van der Waals surface area contributed by atoms with Gasteiger partial charge in [-0.05, 0) is 39.0 Å². The van der Waals surface area contributed by atoms with E-state index < -0.39 is 0 Å². The summed E-state index contributed by atoms with van der Waals surface area (Å²) in [7, 11) is 3.42. The molecule has 170 valence electrons. The molecular weight excluding hydrogens is 410 g/mol. The molecule has 1 aliphatic heterocycles. The van der Waals surface area contributed by atoms with Gasteiger partial charge in [0, 0.05) is 62.7 Å². The quantitative estimate of drug-likeness (QED) is 0.498. The van der Waals surface area contributed by atoms with Gasteiger partial charge in [-0.3, -0.25) is 9.89 Å². The molecule has 31 heavy (non-hydrogen) atoms. The third-order valence-corrected chi connectivity index (χ3v) is 6.62. The van der Waals surface area contributed by atoms with Crippen LogP contribution in [0.5, 0.6) is 11.5 Å². The first-order chi connectivity index (χ1) is 15.0. The molecule has 1 aromatic heterocycles. The second-order valence-electron chi connectivity index (χ2n) is 7.67. The molecule has 1 saturated heterocycles. The number of aliphatic imine (C=N–C) groups is 1. The summed E-state index contributed by atoms with van der Waals surface area (Å²) in [5, 5.41) is 4.60. The van der Waals surface area contributed by atoms with Crippen LogP contribution in [0.4, 0.5) is 0 Å². The second-order valence-corrected chi connectivity index (χ2v) is 8.96. The Morgan fingerprint density at radius 3 is 2.55 bits per heavy atom. The number of hydrogen-bond acceptors (Lipinski definition) is 6. The summed E-state index contributed by atoms with van der Waals surface area (Å²) in [6, 6.07) is 5.99. The maximum absolute atomic E-state index is 5.54. The Morgan fingerprint density at radius 2 is 1.94 bits per heavy atom. The van der Waals surface area contributed by atoms with Crippen LogP contribution >= 0.6 is 11.3 Å². The smallest absolute Gasteiger partial charge is 0.194 e. The van der Waals surface area contributed by atoms with Crippen LogP contribution in [-0.4, -0.2) is 74.2 Å². The van der Waals surface area contributed by atoms with Crippen LogP contribution in [0.1, 0.15) is 28.1 Å². The Bertz CT molecular complexity index is 875. The lowest BCUT2D eigenvalue weighted by Gasteiger charge is -2.36. The van der Waals surface area contributed by atoms with Gasteiger partial charge >= 0.3 is 0 Å². The molecule has 1 N–H and O–H groups in total. The minimum Gasteiger partial charge on any atom is -0.497 e. The average molecular weight is 446 g/mol. The Hall–Kier alpha value is -2.32. The lowest BCUT2D eigenvalue weighted by Crippen LogP contribution is -2.52. The average Bonchev–Trinajstić information content (AvgIpc) is 3.10. The predicted molar refractivity (Wildman–Crippen MR) is 128 cm³/mol. The van der Waals surface area contributed by atoms with Crippen molar-refractivity contribution in [2.24, 2.45) is 4.99 Å². The zero-order valence-corrected chi connectivity index (χ0v) is 20.2. The molecule has 2 aromatic rings. The van der Waals surface area contributed by atoms with Crippen molar-refractivity contribution in [3.05, 3.63) is 39.3 Å². The van der Waals surface area contributed by atoms with Crippen molar-refractivity contribution in [1.82, 2.24) is 20.1 Å². The Labute approximate surface area is 190 Å². The number of hydrogen-bond donors (Lipinski definition) is 1. The van der Waals surface area contributed by atoms with Gasteiger partial charge in [0.1, 0.15) is 11.5 Å². The minimum atomic E-state index is 0.784. The zero-order valence-electron chi connectivity index (χ0n) is 19.4. The van der Waals surface area contributed by atoms with Crippen molar-refractivity contribution in [3.63, 3.8) is 0 Å². The summed E-state index contributed by atoms with van der Waals surface area (Å²) < 4.78 is 10.9. The molecule has 0 radical (unpaired) electrons. The molecule has 1 aliphatic rings. The number of aromatic nitrogens is 1. The van der Waals surface area contributed by atoms with Crippen LogP contribution in [0.2, 0.25) is 0 Å². The molecule has 0 saturated carbocycles. The number of nitrogens with one attached hydrogen (secondary N) is 1. The summed E-state index contributed by atoms with van der Waals surface area (Å²) in [6.45, 7) is 12.7. The lowest BCUT2D eigenvalue weighted by molar-refractivity contribution is 0.171. The third kappa shape index (κ3) is 6.33. The molecule has 2 heterocycles. The van der Waals surface area contributed by atoms with Crippen molar-refractivity contribution < 1.29 is 9.47 Å². The fourth-order valence-corrected chi connectivity index (χ4v) is 4.78. The minimum absolute atomic E-state index is 0.784. The first-order valence-electron chi connectivity index (χ1n) is 10.9. The summed E-state index contributed by atoms with van der Waals surface area (Å²) >= 11 is 1.78. The summed E-state index contributed by atoms with van der Waals surface area (Å²) in [4.78, 5) is 15.6. The molecule has 0 bridgehead atoms. The van der Waals surface area contributed by atoms with Gasteiger partial charge in [-0.15, -0.1) is 11.3 Å². The fourth-order valence-electron chi connectivity index (χ4n) is 3.86. The molecule has 1 fully saturated rings. The zero-order chi connectivity index (χ0) is 22.2. The normalized spacial score (nSPS) is 15.3. The Morgan fingerprint density at radius 1 is 1.16 bits per heavy atom. The molecule has 0 atom stereocenters. The van der Waals surface area contributed by atoms with Crippen LogP contribution in [0.15, 0.2) is 23.2 Å². The molecule has 1 aromatic carbocycles. The molecular formula is C23H35N5O2S. The number of aryl methyl sites for hydroxylation is 2. The predicted octanol–water partition coefficient (Wildman–Crippen LogP) is 3.10. The van der Waals surface area contributed by atoms with Crippen molar-refractivity contribution >= 4 is 17.3 Å². The highest BCUT2D eigenvalue weighted by Gasteiger charge is 2.21. The highest BCUT2D eigenvalue weighted by atomic mass is 32.1. The highest BCUT2D eigenvalue weighted by Crippen LogP contribution is 2.25. The lowest BCUT2D eigenvalue weighted by atomic mass is 10.1. The van der Waals surface area contributed by atoms with Crippen LogP contribution < -0.4 is 14.8 Å². The maximum Gasteiger partial charge on any atom is 0.194 e. The topological polar surface area (TPSA) is 62.2 Å². The van der Waals surface area contributed by atoms with Crippen LogP contribution in [0.25, 0.3) is 0 Å². The number of rotatable bonds is 8. The summed E-state index contributed by atoms with van der Waals surface area (Å²) in [6.07, 6.45) is 0.946. The number of methoxy groups -OCH3 is 2. The number of ether oxygens (including phenoxy) is 2. The van der Waals surface area contributed by atoms with E-state index in [-0.39, 0.29) is 0 Å². The molecule has 0 amide bonds. The molecule has 8 heteroatoms. The fraction of sp³-hybridized carbons (Fsp3) is 0.565. The molecule has 0 spiro atoms. The van der Waals surface area contributed by atoms with E-state index in [1.807, 2.05) is 12.1 Å². The van der Waals surface area contributed by atoms with E-state index in [0.29, 0.717) is 0 Å². The van der Waals surface area contributed by atoms with E-state index in [0.717, 1.165) is 86.0 Å². The van der Waals surface area contributed by atoms with Gasteiger partial charge in [-0.2, -0.15) is 0 Å². The SMILES string of the molecule is CCNC(=NCCc1sc(C)nc1C)N1CCN(Cc2cc(OC)ccc2OC)CC1. The largest absolute Gasteiger partial charge is 0.497 e. The van der Waals surface area contributed by atoms with Crippen molar-refractivity contribution in [3.8, 4) is 11.5 Å². The van der Waals surface area contributed by atoms with E-state index in [1.54, 1.807) is 25.6 Å². The molecule has 0 unspecified atom stereocenters. The molecule has 3 rings (SSSR count). The van der Waals surface area contributed by atoms with E-state index in [9.17, 15) is 0 Å². The van der Waals surface area contributed by atoms with Gasteiger partial charge in [-0.1, -0.05) is 0 Å². The van der Waals surface area contributed by atoms with E-state index in [1.165, 1.54) is 4.88 Å². The van der Waals surface area contributed by atoms with Crippen molar-refractivity contribution in [1.29, 1.82) is 0 Å². The monoisotopic (exact) mass is 445 g/mol. The van der Waals surface area contributed by atoms with Crippen molar-refractivity contribution in [2.45, 2.75) is 33.7 Å². The van der Waals surface area contributed by atoms with Crippen LogP contribution in [-0.2, 0) is 13.0 Å². The highest BCUT2D eigenvalue weighted by molar-refractivity contribution is 7.11. The van der Waals surface area contributed by atoms with Crippen LogP contribution in [0, 0.1) is 13.8 Å². The van der Waals surface area contributed by atoms with Gasteiger partial charge in [-0.25, -0.2) is 4.98 Å². The number of nitrogens with zero attached hydrogens (tertiary/aromatic N) is 4. The number of thiazole rings is 1. The van der Waals surface area contributed by atoms with Crippen molar-refractivity contribution in [2.75, 3.05) is 53.5 Å². The van der Waals surface area contributed by atoms with Gasteiger partial charge in [0.05, 0.1) is 24.9 Å². The van der Waals surface area contributed by atoms with Gasteiger partial charge in [0.15, 0.2) is 5.96 Å². The number of benzene rings is 1. The van der Waals surface area contributed by atoms with E-state index in [2.05, 4.69) is 46.9 Å². The number of guanidine groups is 1. The summed E-state index contributed by atoms with van der Waals surface area (Å²) in [5.74, 6) is 2.79. The van der Waals surface area contributed by atoms with Crippen LogP contribution in [0.3, 0.4) is 0 Å². The Balaban J connectivity index is 1.56. The van der Waals surface area contributed by atoms with E-state index >= 15 is 0 Å². The van der Waals surface area contributed by atoms with Gasteiger partial charge in [0.2, 0.25) is 0 Å². The molecule has 7 nitrogen and oxygen atoms in total. The summed E-state index contributed by atoms with van der Waals surface area (Å²) in [5.41, 5.74) is 2.30. The second kappa shape index (κ2) is 11.3. The van der Waals surface area contributed by atoms with Gasteiger partial charge < -0.3 is 19.7 Å². The third-order valence-electron chi connectivity index (χ3n) is 5.49. The Kier molecular flexibility index (Phi) is 8.54. The maximum atomic E-state index is 5.54. The first kappa shape index (κ1) is 23.3. The standard InChI is InChI=1S/C23H35N5O2S/c1-6-24-23(25-10-9-22-17(2)26-18(3)31-22)28-13-11-27(12-14-28)16-19-15-20(29-4)7-8-21(19)30-5/h7-8,15H,6,9-14,16H2,1-5H3,(H,24,25). The molecule has 0 aliphatic carbocycles. The van der Waals surface area contributed by atoms with E-state index in [4.69, 9.17) is 14.5 Å². The number of piperazine rings is 1. The van der Waals surface area contributed by atoms with Gasteiger partial charge in [0.25, 0.3) is 0 Å². The first-order valence-corrected chi connectivity index (χ1v) is 11.7.